The molecule has 0 saturated carbocycles. The van der Waals surface area contributed by atoms with Crippen LogP contribution in [-0.4, -0.2) is 44.4 Å². The smallest absolute Gasteiger partial charge is 0.311 e. The van der Waals surface area contributed by atoms with Gasteiger partial charge in [-0.05, 0) is 75.7 Å². The van der Waals surface area contributed by atoms with Crippen LogP contribution in [0, 0.1) is 23.2 Å². The molecule has 0 aromatic heterocycles. The maximum atomic E-state index is 13.1. The molecule has 0 radical (unpaired) electrons. The summed E-state index contributed by atoms with van der Waals surface area (Å²) in [5.41, 5.74) is 1.53. The van der Waals surface area contributed by atoms with Gasteiger partial charge in [0.2, 0.25) is 0 Å². The average Bonchev–Trinajstić information content (AvgIpc) is 2.78. The maximum absolute atomic E-state index is 13.1. The lowest BCUT2D eigenvalue weighted by atomic mass is 9.64. The molecule has 1 saturated heterocycles. The van der Waals surface area contributed by atoms with Crippen LogP contribution < -0.4 is 0 Å². The molecule has 0 unspecified atom stereocenters. The zero-order valence-corrected chi connectivity index (χ0v) is 26.3. The fourth-order valence-electron chi connectivity index (χ4n) is 5.65. The molecule has 0 spiro atoms. The van der Waals surface area contributed by atoms with Gasteiger partial charge >= 0.3 is 11.9 Å². The van der Waals surface area contributed by atoms with Gasteiger partial charge in [0.05, 0.1) is 17.9 Å². The van der Waals surface area contributed by atoms with E-state index < -0.39 is 13.7 Å². The number of esters is 2. The Labute approximate surface area is 231 Å². The molecule has 38 heavy (non-hydrogen) atoms. The number of allylic oxidation sites excluding steroid dienone is 2. The molecule has 6 atom stereocenters. The molecule has 6 nitrogen and oxygen atoms in total. The molecule has 3 rings (SSSR count). The van der Waals surface area contributed by atoms with Crippen molar-refractivity contribution < 1.29 is 28.3 Å². The zero-order valence-electron chi connectivity index (χ0n) is 25.3. The van der Waals surface area contributed by atoms with E-state index >= 15 is 0 Å². The molecule has 0 bridgehead atoms. The Bertz CT molecular complexity index is 985. The first kappa shape index (κ1) is 30.8. The number of carbonyl (C=O) groups excluding carboxylic acids is 3. The van der Waals surface area contributed by atoms with Crippen molar-refractivity contribution in [2.45, 2.75) is 130 Å². The quantitative estimate of drug-likeness (QED) is 0.242. The van der Waals surface area contributed by atoms with Gasteiger partial charge in [0, 0.05) is 24.7 Å². The predicted octanol–water partition coefficient (Wildman–Crippen LogP) is 6.94. The van der Waals surface area contributed by atoms with Crippen molar-refractivity contribution in [3.63, 3.8) is 0 Å². The standard InChI is InChI=1S/C31H50O6Si/c1-11-31(7,8)29(34)36-26-15-19(2)14-21-16-25(32)20(3)24(28(21)26)13-12-22-17-23(18-27(33)35-22)37-38(9,10)30(4,5)6/h14,16,20,22-24,26,28H,11-13,15,17-18H2,1-10H3/t20-,22+,23+,24+,26-,28-/m0/s1. The molecule has 0 amide bonds. The zero-order chi connectivity index (χ0) is 28.6. The van der Waals surface area contributed by atoms with Gasteiger partial charge in [0.25, 0.3) is 0 Å². The Hall–Kier alpha value is -1.73. The highest BCUT2D eigenvalue weighted by atomic mass is 28.4. The molecule has 1 heterocycles. The van der Waals surface area contributed by atoms with Crippen molar-refractivity contribution >= 4 is 26.0 Å². The summed E-state index contributed by atoms with van der Waals surface area (Å²) in [4.78, 5) is 38.6. The topological polar surface area (TPSA) is 78.9 Å². The number of ketones is 1. The van der Waals surface area contributed by atoms with Crippen molar-refractivity contribution in [3.8, 4) is 0 Å². The van der Waals surface area contributed by atoms with Gasteiger partial charge in [-0.1, -0.05) is 46.3 Å². The molecule has 3 aliphatic rings. The van der Waals surface area contributed by atoms with Gasteiger partial charge in [0.1, 0.15) is 12.2 Å². The maximum Gasteiger partial charge on any atom is 0.311 e. The van der Waals surface area contributed by atoms with Gasteiger partial charge in [-0.2, -0.15) is 0 Å². The minimum Gasteiger partial charge on any atom is -0.462 e. The summed E-state index contributed by atoms with van der Waals surface area (Å²) < 4.78 is 18.5. The van der Waals surface area contributed by atoms with E-state index in [1.54, 1.807) is 6.08 Å². The fraction of sp³-hybridized carbons (Fsp3) is 0.774. The van der Waals surface area contributed by atoms with Gasteiger partial charge in [0.15, 0.2) is 14.1 Å². The van der Waals surface area contributed by atoms with Crippen molar-refractivity contribution in [2.75, 3.05) is 0 Å². The lowest BCUT2D eigenvalue weighted by molar-refractivity contribution is -0.165. The molecule has 0 aromatic carbocycles. The summed E-state index contributed by atoms with van der Waals surface area (Å²) in [5, 5.41) is 0.0654. The van der Waals surface area contributed by atoms with E-state index in [2.05, 4.69) is 39.9 Å². The van der Waals surface area contributed by atoms with E-state index in [1.807, 2.05) is 34.6 Å². The molecular weight excluding hydrogens is 496 g/mol. The van der Waals surface area contributed by atoms with E-state index in [4.69, 9.17) is 13.9 Å². The number of rotatable bonds is 8. The second-order valence-corrected chi connectivity index (χ2v) is 18.8. The largest absolute Gasteiger partial charge is 0.462 e. The first-order valence-electron chi connectivity index (χ1n) is 14.5. The van der Waals surface area contributed by atoms with Gasteiger partial charge in [-0.15, -0.1) is 0 Å². The van der Waals surface area contributed by atoms with Gasteiger partial charge in [-0.3, -0.25) is 14.4 Å². The molecular formula is C31H50O6Si. The molecule has 0 aromatic rings. The fourth-order valence-corrected chi connectivity index (χ4v) is 7.01. The lowest BCUT2D eigenvalue weighted by Crippen LogP contribution is -2.47. The number of cyclic esters (lactones) is 1. The SMILES string of the molecule is CCC(C)(C)C(=O)O[C@H]1CC(C)=CC2=CC(=O)[C@@H](C)[C@@H](CC[C@@H]3C[C@@H](O[Si](C)(C)C(C)(C)C)CC(=O)O3)[C@H]21. The monoisotopic (exact) mass is 546 g/mol. The molecule has 1 aliphatic heterocycles. The summed E-state index contributed by atoms with van der Waals surface area (Å²) in [7, 11) is -2.02. The van der Waals surface area contributed by atoms with Crippen LogP contribution in [0.1, 0.15) is 93.9 Å². The van der Waals surface area contributed by atoms with Crippen molar-refractivity contribution in [3.05, 3.63) is 23.3 Å². The Morgan fingerprint density at radius 2 is 1.74 bits per heavy atom. The van der Waals surface area contributed by atoms with E-state index in [9.17, 15) is 14.4 Å². The van der Waals surface area contributed by atoms with Crippen LogP contribution in [-0.2, 0) is 28.3 Å². The van der Waals surface area contributed by atoms with Crippen LogP contribution in [0.3, 0.4) is 0 Å². The highest BCUT2D eigenvalue weighted by molar-refractivity contribution is 6.74. The minimum absolute atomic E-state index is 0.00905. The number of ether oxygens (including phenoxy) is 2. The summed E-state index contributed by atoms with van der Waals surface area (Å²) in [6.45, 7) is 20.9. The van der Waals surface area contributed by atoms with E-state index in [0.29, 0.717) is 32.1 Å². The summed E-state index contributed by atoms with van der Waals surface area (Å²) in [5.74, 6) is -0.492. The molecule has 1 fully saturated rings. The Morgan fingerprint density at radius 3 is 2.34 bits per heavy atom. The predicted molar refractivity (Wildman–Crippen MR) is 152 cm³/mol. The van der Waals surface area contributed by atoms with Crippen LogP contribution >= 0.6 is 0 Å². The second-order valence-electron chi connectivity index (χ2n) is 14.0. The second kappa shape index (κ2) is 11.4. The Kier molecular flexibility index (Phi) is 9.24. The van der Waals surface area contributed by atoms with Crippen molar-refractivity contribution in [1.29, 1.82) is 0 Å². The molecule has 7 heteroatoms. The number of carbonyl (C=O) groups is 3. The van der Waals surface area contributed by atoms with E-state index in [-0.39, 0.29) is 58.8 Å². The van der Waals surface area contributed by atoms with Crippen LogP contribution in [0.15, 0.2) is 23.3 Å². The highest BCUT2D eigenvalue weighted by Crippen LogP contribution is 2.46. The summed E-state index contributed by atoms with van der Waals surface area (Å²) in [6, 6.07) is 0. The van der Waals surface area contributed by atoms with Crippen LogP contribution in [0.4, 0.5) is 0 Å². The third-order valence-electron chi connectivity index (χ3n) is 9.59. The van der Waals surface area contributed by atoms with Gasteiger partial charge < -0.3 is 13.9 Å². The van der Waals surface area contributed by atoms with Crippen LogP contribution in [0.25, 0.3) is 0 Å². The normalized spacial score (nSPS) is 30.7. The van der Waals surface area contributed by atoms with Crippen LogP contribution in [0.2, 0.25) is 18.1 Å². The molecule has 214 valence electrons. The Balaban J connectivity index is 1.77. The number of fused-ring (bicyclic) bond motifs is 1. The van der Waals surface area contributed by atoms with Crippen molar-refractivity contribution in [1.82, 2.24) is 0 Å². The third-order valence-corrected chi connectivity index (χ3v) is 14.1. The minimum atomic E-state index is -2.02. The van der Waals surface area contributed by atoms with E-state index in [0.717, 1.165) is 17.6 Å². The van der Waals surface area contributed by atoms with Gasteiger partial charge in [-0.25, -0.2) is 0 Å². The van der Waals surface area contributed by atoms with E-state index in [1.165, 1.54) is 0 Å². The lowest BCUT2D eigenvalue weighted by Gasteiger charge is -2.44. The summed E-state index contributed by atoms with van der Waals surface area (Å²) >= 11 is 0. The number of hydrogen-bond donors (Lipinski definition) is 0. The van der Waals surface area contributed by atoms with Crippen molar-refractivity contribution in [2.24, 2.45) is 23.2 Å². The molecule has 2 aliphatic carbocycles. The average molecular weight is 547 g/mol. The first-order valence-corrected chi connectivity index (χ1v) is 17.4. The molecule has 0 N–H and O–H groups in total. The first-order chi connectivity index (χ1) is 17.4. The Morgan fingerprint density at radius 1 is 1.08 bits per heavy atom. The summed E-state index contributed by atoms with van der Waals surface area (Å²) in [6.07, 6.45) is 6.93. The third kappa shape index (κ3) is 6.88. The number of hydrogen-bond acceptors (Lipinski definition) is 6. The van der Waals surface area contributed by atoms with Crippen LogP contribution in [0.5, 0.6) is 0 Å². The highest BCUT2D eigenvalue weighted by Gasteiger charge is 2.46.